The Bertz CT molecular complexity index is 1300. The van der Waals surface area contributed by atoms with Crippen molar-refractivity contribution in [1.82, 2.24) is 14.2 Å². The molecule has 2 aromatic heterocycles. The fraction of sp³-hybridized carbons (Fsp3) is 0.304. The third kappa shape index (κ3) is 4.68. The number of anilines is 1. The molecule has 0 aliphatic carbocycles. The SMILES string of the molecule is Cc1c(CN(C)C(=O)C=Cc2cnc3c(c2)CN(S(C)(=O)=O)CCN3)oc2ccccc12. The van der Waals surface area contributed by atoms with Crippen molar-refractivity contribution in [3.05, 3.63) is 65.1 Å². The number of hydrogen-bond donors (Lipinski definition) is 1. The van der Waals surface area contributed by atoms with Crippen molar-refractivity contribution in [1.29, 1.82) is 0 Å². The van der Waals surface area contributed by atoms with Crippen molar-refractivity contribution in [2.24, 2.45) is 0 Å². The molecule has 0 fully saturated rings. The largest absolute Gasteiger partial charge is 0.459 e. The summed E-state index contributed by atoms with van der Waals surface area (Å²) in [6.07, 6.45) is 6.04. The molecule has 9 heteroatoms. The summed E-state index contributed by atoms with van der Waals surface area (Å²) in [5, 5.41) is 4.20. The molecule has 0 unspecified atom stereocenters. The number of hydrogen-bond acceptors (Lipinski definition) is 6. The molecule has 32 heavy (non-hydrogen) atoms. The van der Waals surface area contributed by atoms with E-state index in [1.165, 1.54) is 16.6 Å². The number of sulfonamides is 1. The summed E-state index contributed by atoms with van der Waals surface area (Å²) in [6, 6.07) is 9.66. The summed E-state index contributed by atoms with van der Waals surface area (Å²) in [4.78, 5) is 18.6. The minimum Gasteiger partial charge on any atom is -0.459 e. The second-order valence-corrected chi connectivity index (χ2v) is 9.96. The molecule has 4 rings (SSSR count). The second kappa shape index (κ2) is 8.76. The van der Waals surface area contributed by atoms with Gasteiger partial charge in [0, 0.05) is 55.5 Å². The quantitative estimate of drug-likeness (QED) is 0.596. The van der Waals surface area contributed by atoms with Gasteiger partial charge in [-0.25, -0.2) is 13.4 Å². The van der Waals surface area contributed by atoms with Gasteiger partial charge < -0.3 is 14.6 Å². The molecule has 8 nitrogen and oxygen atoms in total. The van der Waals surface area contributed by atoms with Gasteiger partial charge in [-0.3, -0.25) is 4.79 Å². The number of aromatic nitrogens is 1. The first-order valence-corrected chi connectivity index (χ1v) is 12.2. The second-order valence-electron chi connectivity index (χ2n) is 7.97. The fourth-order valence-electron chi connectivity index (χ4n) is 3.71. The predicted molar refractivity (Wildman–Crippen MR) is 124 cm³/mol. The van der Waals surface area contributed by atoms with E-state index in [1.54, 1.807) is 24.2 Å². The molecule has 1 N–H and O–H groups in total. The number of para-hydroxylation sites is 1. The molecule has 1 aliphatic heterocycles. The molecule has 1 amide bonds. The van der Waals surface area contributed by atoms with E-state index < -0.39 is 10.0 Å². The van der Waals surface area contributed by atoms with Gasteiger partial charge in [-0.2, -0.15) is 4.31 Å². The van der Waals surface area contributed by atoms with Gasteiger partial charge in [0.2, 0.25) is 15.9 Å². The lowest BCUT2D eigenvalue weighted by atomic mass is 10.1. The van der Waals surface area contributed by atoms with Crippen molar-refractivity contribution in [2.75, 3.05) is 31.7 Å². The number of carbonyl (C=O) groups is 1. The maximum absolute atomic E-state index is 12.7. The van der Waals surface area contributed by atoms with Crippen molar-refractivity contribution >= 4 is 38.8 Å². The van der Waals surface area contributed by atoms with Crippen LogP contribution < -0.4 is 5.32 Å². The van der Waals surface area contributed by atoms with E-state index >= 15 is 0 Å². The van der Waals surface area contributed by atoms with Crippen LogP contribution in [0.5, 0.6) is 0 Å². The smallest absolute Gasteiger partial charge is 0.246 e. The van der Waals surface area contributed by atoms with Crippen LogP contribution in [0.15, 0.2) is 47.0 Å². The summed E-state index contributed by atoms with van der Waals surface area (Å²) in [7, 11) is -1.58. The van der Waals surface area contributed by atoms with Crippen LogP contribution in [0, 0.1) is 6.92 Å². The number of fused-ring (bicyclic) bond motifs is 2. The summed E-state index contributed by atoms with van der Waals surface area (Å²) < 4.78 is 31.2. The van der Waals surface area contributed by atoms with Crippen LogP contribution in [0.3, 0.4) is 0 Å². The highest BCUT2D eigenvalue weighted by Crippen LogP contribution is 2.26. The topological polar surface area (TPSA) is 95.8 Å². The molecule has 3 aromatic rings. The third-order valence-electron chi connectivity index (χ3n) is 5.57. The predicted octanol–water partition coefficient (Wildman–Crippen LogP) is 3.00. The highest BCUT2D eigenvalue weighted by molar-refractivity contribution is 7.88. The molecule has 0 saturated carbocycles. The Labute approximate surface area is 187 Å². The summed E-state index contributed by atoms with van der Waals surface area (Å²) in [5.74, 6) is 1.25. The Balaban J connectivity index is 1.47. The standard InChI is InChI=1S/C23H26N4O4S/c1-16-19-6-4-5-7-20(19)31-21(16)15-26(2)22(28)9-8-17-12-18-14-27(32(3,29)30)11-10-24-23(18)25-13-17/h4-9,12-13H,10-11,14-15H2,1-3H3,(H,24,25). The van der Waals surface area contributed by atoms with E-state index in [0.29, 0.717) is 25.5 Å². The van der Waals surface area contributed by atoms with Gasteiger partial charge in [0.15, 0.2) is 0 Å². The van der Waals surface area contributed by atoms with Gasteiger partial charge in [0.1, 0.15) is 17.2 Å². The molecule has 0 spiro atoms. The number of benzene rings is 1. The van der Waals surface area contributed by atoms with E-state index in [9.17, 15) is 13.2 Å². The van der Waals surface area contributed by atoms with Crippen molar-refractivity contribution in [3.63, 3.8) is 0 Å². The van der Waals surface area contributed by atoms with E-state index in [-0.39, 0.29) is 12.5 Å². The van der Waals surface area contributed by atoms with Gasteiger partial charge in [-0.1, -0.05) is 18.2 Å². The highest BCUT2D eigenvalue weighted by atomic mass is 32.2. The van der Waals surface area contributed by atoms with Crippen molar-refractivity contribution < 1.29 is 17.6 Å². The Kier molecular flexibility index (Phi) is 6.03. The third-order valence-corrected chi connectivity index (χ3v) is 6.82. The molecule has 3 heterocycles. The summed E-state index contributed by atoms with van der Waals surface area (Å²) in [5.41, 5.74) is 3.34. The van der Waals surface area contributed by atoms with Crippen LogP contribution in [0.4, 0.5) is 5.82 Å². The lowest BCUT2D eigenvalue weighted by Crippen LogP contribution is -2.31. The number of likely N-dealkylation sites (N-methyl/N-ethyl adjacent to an activating group) is 1. The minimum absolute atomic E-state index is 0.171. The number of nitrogens with zero attached hydrogens (tertiary/aromatic N) is 3. The number of carbonyl (C=O) groups excluding carboxylic acids is 1. The average Bonchev–Trinajstić information content (AvgIpc) is 2.93. The zero-order valence-corrected chi connectivity index (χ0v) is 19.1. The first-order valence-electron chi connectivity index (χ1n) is 10.3. The lowest BCUT2D eigenvalue weighted by Gasteiger charge is -2.16. The number of pyridine rings is 1. The number of rotatable bonds is 5. The first kappa shape index (κ1) is 22.0. The van der Waals surface area contributed by atoms with Crippen LogP contribution in [0.25, 0.3) is 17.0 Å². The number of amides is 1. The van der Waals surface area contributed by atoms with Gasteiger partial charge in [-0.05, 0) is 30.7 Å². The Morgan fingerprint density at radius 1 is 1.34 bits per heavy atom. The molecule has 1 aromatic carbocycles. The zero-order valence-electron chi connectivity index (χ0n) is 18.3. The van der Waals surface area contributed by atoms with Gasteiger partial charge in [0.05, 0.1) is 12.8 Å². The number of nitrogens with one attached hydrogen (secondary N) is 1. The average molecular weight is 455 g/mol. The molecule has 0 bridgehead atoms. The maximum Gasteiger partial charge on any atom is 0.246 e. The summed E-state index contributed by atoms with van der Waals surface area (Å²) >= 11 is 0. The van der Waals surface area contributed by atoms with Crippen molar-refractivity contribution in [3.8, 4) is 0 Å². The van der Waals surface area contributed by atoms with Crippen molar-refractivity contribution in [2.45, 2.75) is 20.0 Å². The number of aryl methyl sites for hydroxylation is 1. The molecule has 0 atom stereocenters. The van der Waals surface area contributed by atoms with Crippen LogP contribution in [0.1, 0.15) is 22.5 Å². The first-order chi connectivity index (χ1) is 15.2. The molecule has 0 radical (unpaired) electrons. The number of furan rings is 1. The minimum atomic E-state index is -3.31. The zero-order chi connectivity index (χ0) is 22.9. The van der Waals surface area contributed by atoms with Gasteiger partial charge in [0.25, 0.3) is 0 Å². The highest BCUT2D eigenvalue weighted by Gasteiger charge is 2.22. The van der Waals surface area contributed by atoms with Gasteiger partial charge in [-0.15, -0.1) is 0 Å². The van der Waals surface area contributed by atoms with E-state index in [2.05, 4.69) is 10.3 Å². The van der Waals surface area contributed by atoms with E-state index in [0.717, 1.165) is 33.4 Å². The Morgan fingerprint density at radius 2 is 2.12 bits per heavy atom. The summed E-state index contributed by atoms with van der Waals surface area (Å²) in [6.45, 7) is 3.47. The van der Waals surface area contributed by atoms with Crippen LogP contribution in [-0.2, 0) is 27.9 Å². The molecular weight excluding hydrogens is 428 g/mol. The van der Waals surface area contributed by atoms with E-state index in [4.69, 9.17) is 4.42 Å². The maximum atomic E-state index is 12.7. The fourth-order valence-corrected chi connectivity index (χ4v) is 4.51. The van der Waals surface area contributed by atoms with Crippen LogP contribution >= 0.6 is 0 Å². The molecular formula is C23H26N4O4S. The Morgan fingerprint density at radius 3 is 2.88 bits per heavy atom. The molecule has 0 saturated heterocycles. The van der Waals surface area contributed by atoms with Crippen LogP contribution in [-0.4, -0.2) is 54.9 Å². The molecule has 1 aliphatic rings. The normalized spacial score (nSPS) is 14.8. The monoisotopic (exact) mass is 454 g/mol. The lowest BCUT2D eigenvalue weighted by molar-refractivity contribution is -0.125. The Hall–Kier alpha value is -3.17. The van der Waals surface area contributed by atoms with Gasteiger partial charge >= 0.3 is 0 Å². The van der Waals surface area contributed by atoms with E-state index in [1.807, 2.05) is 37.3 Å². The molecule has 168 valence electrons. The van der Waals surface area contributed by atoms with Crippen LogP contribution in [0.2, 0.25) is 0 Å².